The van der Waals surface area contributed by atoms with E-state index in [1.807, 2.05) is 12.1 Å². The van der Waals surface area contributed by atoms with E-state index in [-0.39, 0.29) is 0 Å². The van der Waals surface area contributed by atoms with Gasteiger partial charge in [-0.25, -0.2) is 0 Å². The zero-order valence-corrected chi connectivity index (χ0v) is 9.95. The summed E-state index contributed by atoms with van der Waals surface area (Å²) in [7, 11) is 0. The number of ether oxygens (including phenoxy) is 2. The number of hydrogen-bond donors (Lipinski definition) is 1. The van der Waals surface area contributed by atoms with Crippen LogP contribution in [0.5, 0.6) is 11.5 Å². The summed E-state index contributed by atoms with van der Waals surface area (Å²) in [6.45, 7) is 6.63. The third-order valence-corrected chi connectivity index (χ3v) is 2.76. The van der Waals surface area contributed by atoms with Crippen molar-refractivity contribution in [1.82, 2.24) is 5.32 Å². The van der Waals surface area contributed by atoms with Crippen LogP contribution in [0.3, 0.4) is 0 Å². The van der Waals surface area contributed by atoms with Crippen LogP contribution in [0.1, 0.15) is 31.9 Å². The SMILES string of the molecule is CCCNC(C)c1cccc2c1OCCO2. The normalized spacial score (nSPS) is 15.9. The standard InChI is InChI=1S/C13H19NO2/c1-3-7-14-10(2)11-5-4-6-12-13(11)16-9-8-15-12/h4-6,10,14H,3,7-9H2,1-2H3. The Morgan fingerprint density at radius 1 is 1.31 bits per heavy atom. The molecule has 1 aliphatic rings. The van der Waals surface area contributed by atoms with Gasteiger partial charge in [0.1, 0.15) is 13.2 Å². The third kappa shape index (κ3) is 2.30. The van der Waals surface area contributed by atoms with Crippen LogP contribution in [0.25, 0.3) is 0 Å². The lowest BCUT2D eigenvalue weighted by atomic mass is 10.1. The van der Waals surface area contributed by atoms with Crippen molar-refractivity contribution in [2.45, 2.75) is 26.3 Å². The molecule has 1 aromatic rings. The van der Waals surface area contributed by atoms with Crippen LogP contribution in [-0.2, 0) is 0 Å². The first-order valence-electron chi connectivity index (χ1n) is 5.94. The smallest absolute Gasteiger partial charge is 0.166 e. The highest BCUT2D eigenvalue weighted by Crippen LogP contribution is 2.36. The molecule has 3 heteroatoms. The van der Waals surface area contributed by atoms with Gasteiger partial charge in [-0.15, -0.1) is 0 Å². The Morgan fingerprint density at radius 3 is 2.94 bits per heavy atom. The summed E-state index contributed by atoms with van der Waals surface area (Å²) in [5.41, 5.74) is 1.19. The molecule has 1 atom stereocenters. The van der Waals surface area contributed by atoms with Crippen molar-refractivity contribution in [2.24, 2.45) is 0 Å². The van der Waals surface area contributed by atoms with Crippen LogP contribution < -0.4 is 14.8 Å². The zero-order chi connectivity index (χ0) is 11.4. The number of nitrogens with one attached hydrogen (secondary N) is 1. The predicted molar refractivity (Wildman–Crippen MR) is 64.1 cm³/mol. The number of fused-ring (bicyclic) bond motifs is 1. The molecule has 88 valence electrons. The average Bonchev–Trinajstić information content (AvgIpc) is 2.35. The van der Waals surface area contributed by atoms with Crippen molar-refractivity contribution in [3.05, 3.63) is 23.8 Å². The van der Waals surface area contributed by atoms with Gasteiger partial charge in [0.2, 0.25) is 0 Å². The van der Waals surface area contributed by atoms with Crippen LogP contribution in [0, 0.1) is 0 Å². The summed E-state index contributed by atoms with van der Waals surface area (Å²) in [4.78, 5) is 0. The van der Waals surface area contributed by atoms with E-state index < -0.39 is 0 Å². The Bertz CT molecular complexity index is 352. The lowest BCUT2D eigenvalue weighted by molar-refractivity contribution is 0.169. The summed E-state index contributed by atoms with van der Waals surface area (Å²) >= 11 is 0. The molecule has 1 aliphatic heterocycles. The van der Waals surface area contributed by atoms with E-state index in [2.05, 4.69) is 25.2 Å². The van der Waals surface area contributed by atoms with Crippen molar-refractivity contribution < 1.29 is 9.47 Å². The molecule has 0 fully saturated rings. The summed E-state index contributed by atoms with van der Waals surface area (Å²) in [5.74, 6) is 1.78. The molecule has 16 heavy (non-hydrogen) atoms. The van der Waals surface area contributed by atoms with Gasteiger partial charge in [0, 0.05) is 11.6 Å². The minimum absolute atomic E-state index is 0.302. The number of para-hydroxylation sites is 1. The van der Waals surface area contributed by atoms with Gasteiger partial charge in [-0.3, -0.25) is 0 Å². The first-order chi connectivity index (χ1) is 7.83. The molecule has 2 rings (SSSR count). The summed E-state index contributed by atoms with van der Waals surface area (Å²) < 4.78 is 11.3. The van der Waals surface area contributed by atoms with Crippen molar-refractivity contribution in [3.8, 4) is 11.5 Å². The minimum atomic E-state index is 0.302. The van der Waals surface area contributed by atoms with Gasteiger partial charge in [0.25, 0.3) is 0 Å². The molecule has 0 aromatic heterocycles. The third-order valence-electron chi connectivity index (χ3n) is 2.76. The Balaban J connectivity index is 2.19. The molecule has 0 bridgehead atoms. The fourth-order valence-electron chi connectivity index (χ4n) is 1.91. The van der Waals surface area contributed by atoms with Crippen LogP contribution in [0.4, 0.5) is 0 Å². The van der Waals surface area contributed by atoms with Crippen LogP contribution >= 0.6 is 0 Å². The van der Waals surface area contributed by atoms with Gasteiger partial charge in [-0.05, 0) is 26.0 Å². The van der Waals surface area contributed by atoms with Gasteiger partial charge >= 0.3 is 0 Å². The molecule has 3 nitrogen and oxygen atoms in total. The highest BCUT2D eigenvalue weighted by molar-refractivity contribution is 5.48. The quantitative estimate of drug-likeness (QED) is 0.847. The van der Waals surface area contributed by atoms with E-state index in [4.69, 9.17) is 9.47 Å². The molecule has 0 radical (unpaired) electrons. The highest BCUT2D eigenvalue weighted by Gasteiger charge is 2.18. The second-order valence-electron chi connectivity index (χ2n) is 4.05. The van der Waals surface area contributed by atoms with Crippen molar-refractivity contribution in [3.63, 3.8) is 0 Å². The van der Waals surface area contributed by atoms with Gasteiger partial charge in [0.05, 0.1) is 0 Å². The van der Waals surface area contributed by atoms with E-state index in [1.165, 1.54) is 5.56 Å². The number of hydrogen-bond acceptors (Lipinski definition) is 3. The Morgan fingerprint density at radius 2 is 2.12 bits per heavy atom. The molecule has 1 unspecified atom stereocenters. The van der Waals surface area contributed by atoms with Gasteiger partial charge in [-0.1, -0.05) is 19.1 Å². The maximum Gasteiger partial charge on any atom is 0.166 e. The van der Waals surface area contributed by atoms with Crippen molar-refractivity contribution >= 4 is 0 Å². The second kappa shape index (κ2) is 5.21. The maximum absolute atomic E-state index is 5.69. The Labute approximate surface area is 96.8 Å². The van der Waals surface area contributed by atoms with Crippen LogP contribution in [-0.4, -0.2) is 19.8 Å². The van der Waals surface area contributed by atoms with E-state index >= 15 is 0 Å². The molecule has 1 N–H and O–H groups in total. The highest BCUT2D eigenvalue weighted by atomic mass is 16.6. The molecule has 1 aromatic carbocycles. The number of rotatable bonds is 4. The second-order valence-corrected chi connectivity index (χ2v) is 4.05. The summed E-state index contributed by atoms with van der Waals surface area (Å²) in [6, 6.07) is 6.38. The fourth-order valence-corrected chi connectivity index (χ4v) is 1.91. The zero-order valence-electron chi connectivity index (χ0n) is 9.95. The first kappa shape index (κ1) is 11.3. The minimum Gasteiger partial charge on any atom is -0.486 e. The van der Waals surface area contributed by atoms with E-state index in [9.17, 15) is 0 Å². The molecule has 0 saturated carbocycles. The van der Waals surface area contributed by atoms with Gasteiger partial charge in [0.15, 0.2) is 11.5 Å². The summed E-state index contributed by atoms with van der Waals surface area (Å²) in [6.07, 6.45) is 1.14. The molecule has 0 amide bonds. The lowest BCUT2D eigenvalue weighted by Crippen LogP contribution is -2.22. The largest absolute Gasteiger partial charge is 0.486 e. The Hall–Kier alpha value is -1.22. The monoisotopic (exact) mass is 221 g/mol. The van der Waals surface area contributed by atoms with Crippen LogP contribution in [0.2, 0.25) is 0 Å². The summed E-state index contributed by atoms with van der Waals surface area (Å²) in [5, 5.41) is 3.46. The van der Waals surface area contributed by atoms with Gasteiger partial charge < -0.3 is 14.8 Å². The Kier molecular flexibility index (Phi) is 3.67. The molecule has 1 heterocycles. The van der Waals surface area contributed by atoms with Crippen LogP contribution in [0.15, 0.2) is 18.2 Å². The maximum atomic E-state index is 5.69. The molecule has 0 aliphatic carbocycles. The lowest BCUT2D eigenvalue weighted by Gasteiger charge is -2.24. The van der Waals surface area contributed by atoms with E-state index in [0.29, 0.717) is 19.3 Å². The predicted octanol–water partition coefficient (Wildman–Crippen LogP) is 2.52. The van der Waals surface area contributed by atoms with E-state index in [0.717, 1.165) is 24.5 Å². The molecular weight excluding hydrogens is 202 g/mol. The first-order valence-corrected chi connectivity index (χ1v) is 5.94. The number of benzene rings is 1. The van der Waals surface area contributed by atoms with Crippen molar-refractivity contribution in [1.29, 1.82) is 0 Å². The fraction of sp³-hybridized carbons (Fsp3) is 0.538. The van der Waals surface area contributed by atoms with E-state index in [1.54, 1.807) is 0 Å². The molecule has 0 spiro atoms. The van der Waals surface area contributed by atoms with Crippen molar-refractivity contribution in [2.75, 3.05) is 19.8 Å². The molecule has 0 saturated heterocycles. The average molecular weight is 221 g/mol. The topological polar surface area (TPSA) is 30.5 Å². The van der Waals surface area contributed by atoms with Gasteiger partial charge in [-0.2, -0.15) is 0 Å². The molecular formula is C13H19NO2.